The Bertz CT molecular complexity index is 1070. The van der Waals surface area contributed by atoms with Crippen LogP contribution in [0.5, 0.6) is 11.5 Å². The molecule has 0 saturated heterocycles. The fourth-order valence-corrected chi connectivity index (χ4v) is 3.34. The van der Waals surface area contributed by atoms with E-state index in [2.05, 4.69) is 26.2 Å². The molecule has 0 spiro atoms. The quantitative estimate of drug-likeness (QED) is 0.688. The maximum atomic E-state index is 13.3. The summed E-state index contributed by atoms with van der Waals surface area (Å²) in [6.45, 7) is 1.83. The molecule has 4 rings (SSSR count). The number of carbonyl (C=O) groups is 1. The van der Waals surface area contributed by atoms with Crippen molar-refractivity contribution in [1.29, 1.82) is 0 Å². The Morgan fingerprint density at radius 2 is 1.86 bits per heavy atom. The van der Waals surface area contributed by atoms with E-state index in [4.69, 9.17) is 9.47 Å². The van der Waals surface area contributed by atoms with Gasteiger partial charge in [-0.2, -0.15) is 4.68 Å². The molecule has 9 nitrogen and oxygen atoms in total. The zero-order valence-electron chi connectivity index (χ0n) is 16.2. The number of methoxy groups -OCH3 is 2. The first kappa shape index (κ1) is 18.5. The van der Waals surface area contributed by atoms with Crippen molar-refractivity contribution >= 4 is 17.5 Å². The van der Waals surface area contributed by atoms with Crippen molar-refractivity contribution in [2.45, 2.75) is 13.0 Å². The van der Waals surface area contributed by atoms with Crippen molar-refractivity contribution in [1.82, 2.24) is 20.2 Å². The van der Waals surface area contributed by atoms with Crippen molar-refractivity contribution < 1.29 is 14.3 Å². The highest BCUT2D eigenvalue weighted by Crippen LogP contribution is 2.36. The number of aromatic nitrogens is 4. The number of para-hydroxylation sites is 2. The third-order valence-corrected chi connectivity index (χ3v) is 4.75. The number of fused-ring (bicyclic) bond motifs is 1. The molecule has 148 valence electrons. The second kappa shape index (κ2) is 7.63. The standard InChI is InChI=1S/C20H20N6O3/c1-12-17(19(27)22-15-6-4-5-7-16(15)29-3)18(26-20(21-12)23-24-25-26)13-8-10-14(28-2)11-9-13/h4-11,18H,1-3H3,(H,22,27)(H,21,23,25)/t18-/m1/s1. The summed E-state index contributed by atoms with van der Waals surface area (Å²) < 4.78 is 12.2. The summed E-state index contributed by atoms with van der Waals surface area (Å²) in [6.07, 6.45) is 0. The first-order valence-electron chi connectivity index (χ1n) is 8.96. The molecular weight excluding hydrogens is 372 g/mol. The van der Waals surface area contributed by atoms with Crippen LogP contribution in [-0.4, -0.2) is 40.3 Å². The predicted octanol–water partition coefficient (Wildman–Crippen LogP) is 2.62. The minimum Gasteiger partial charge on any atom is -0.497 e. The molecule has 0 radical (unpaired) electrons. The molecule has 2 heterocycles. The maximum absolute atomic E-state index is 13.3. The third-order valence-electron chi connectivity index (χ3n) is 4.75. The number of carbonyl (C=O) groups excluding carboxylic acids is 1. The molecule has 29 heavy (non-hydrogen) atoms. The molecular formula is C20H20N6O3. The summed E-state index contributed by atoms with van der Waals surface area (Å²) in [4.78, 5) is 13.3. The van der Waals surface area contributed by atoms with E-state index >= 15 is 0 Å². The Kier molecular flexibility index (Phi) is 4.86. The van der Waals surface area contributed by atoms with Crippen LogP contribution in [0.25, 0.3) is 0 Å². The number of benzene rings is 2. The van der Waals surface area contributed by atoms with E-state index in [0.717, 1.165) is 11.3 Å². The number of ether oxygens (including phenoxy) is 2. The van der Waals surface area contributed by atoms with E-state index in [0.29, 0.717) is 28.7 Å². The zero-order chi connectivity index (χ0) is 20.4. The number of nitrogens with zero attached hydrogens (tertiary/aromatic N) is 4. The van der Waals surface area contributed by atoms with Gasteiger partial charge in [0.2, 0.25) is 5.95 Å². The van der Waals surface area contributed by atoms with Gasteiger partial charge in [-0.15, -0.1) is 0 Å². The fraction of sp³-hybridized carbons (Fsp3) is 0.200. The van der Waals surface area contributed by atoms with Crippen LogP contribution in [0.2, 0.25) is 0 Å². The maximum Gasteiger partial charge on any atom is 0.255 e. The van der Waals surface area contributed by atoms with Gasteiger partial charge >= 0.3 is 0 Å². The zero-order valence-corrected chi connectivity index (χ0v) is 16.2. The summed E-state index contributed by atoms with van der Waals surface area (Å²) >= 11 is 0. The Labute approximate surface area is 167 Å². The van der Waals surface area contributed by atoms with E-state index in [9.17, 15) is 4.79 Å². The number of amides is 1. The second-order valence-corrected chi connectivity index (χ2v) is 6.44. The summed E-state index contributed by atoms with van der Waals surface area (Å²) in [5.41, 5.74) is 2.60. The highest BCUT2D eigenvalue weighted by molar-refractivity contribution is 6.06. The smallest absolute Gasteiger partial charge is 0.255 e. The highest BCUT2D eigenvalue weighted by Gasteiger charge is 2.34. The van der Waals surface area contributed by atoms with Crippen LogP contribution in [0, 0.1) is 0 Å². The number of hydrogen-bond donors (Lipinski definition) is 2. The average molecular weight is 392 g/mol. The molecule has 0 saturated carbocycles. The number of nitrogens with one attached hydrogen (secondary N) is 2. The number of allylic oxidation sites excluding steroid dienone is 1. The van der Waals surface area contributed by atoms with Crippen LogP contribution >= 0.6 is 0 Å². The highest BCUT2D eigenvalue weighted by atomic mass is 16.5. The normalized spacial score (nSPS) is 15.3. The molecule has 2 aromatic carbocycles. The first-order chi connectivity index (χ1) is 14.1. The first-order valence-corrected chi connectivity index (χ1v) is 8.96. The van der Waals surface area contributed by atoms with Gasteiger partial charge in [0, 0.05) is 5.70 Å². The van der Waals surface area contributed by atoms with Crippen molar-refractivity contribution in [3.05, 3.63) is 65.4 Å². The number of tetrazole rings is 1. The molecule has 3 aromatic rings. The lowest BCUT2D eigenvalue weighted by Gasteiger charge is -2.28. The SMILES string of the molecule is COc1ccc([C@@H]2C(C(=O)Nc3ccccc3OC)=C(C)Nc3nnnn32)cc1. The van der Waals surface area contributed by atoms with Gasteiger partial charge < -0.3 is 20.1 Å². The monoisotopic (exact) mass is 392 g/mol. The largest absolute Gasteiger partial charge is 0.497 e. The molecule has 0 fully saturated rings. The van der Waals surface area contributed by atoms with Gasteiger partial charge in [0.15, 0.2) is 0 Å². The Balaban J connectivity index is 1.75. The van der Waals surface area contributed by atoms with Gasteiger partial charge in [0.05, 0.1) is 25.5 Å². The Morgan fingerprint density at radius 1 is 1.10 bits per heavy atom. The van der Waals surface area contributed by atoms with E-state index in [1.54, 1.807) is 31.0 Å². The van der Waals surface area contributed by atoms with Crippen LogP contribution in [-0.2, 0) is 4.79 Å². The molecule has 0 aliphatic carbocycles. The average Bonchev–Trinajstić information content (AvgIpc) is 3.21. The molecule has 1 aliphatic rings. The summed E-state index contributed by atoms with van der Waals surface area (Å²) in [5.74, 6) is 1.49. The molecule has 1 aromatic heterocycles. The van der Waals surface area contributed by atoms with Crippen molar-refractivity contribution in [2.24, 2.45) is 0 Å². The molecule has 1 atom stereocenters. The lowest BCUT2D eigenvalue weighted by Crippen LogP contribution is -2.31. The topological polar surface area (TPSA) is 103 Å². The molecule has 1 aliphatic heterocycles. The van der Waals surface area contributed by atoms with Crippen molar-refractivity contribution in [3.8, 4) is 11.5 Å². The lowest BCUT2D eigenvalue weighted by molar-refractivity contribution is -0.113. The van der Waals surface area contributed by atoms with Crippen molar-refractivity contribution in [2.75, 3.05) is 24.9 Å². The van der Waals surface area contributed by atoms with Crippen LogP contribution < -0.4 is 20.1 Å². The van der Waals surface area contributed by atoms with Crippen LogP contribution in [0.1, 0.15) is 18.5 Å². The van der Waals surface area contributed by atoms with Gasteiger partial charge in [-0.05, 0) is 47.2 Å². The van der Waals surface area contributed by atoms with Gasteiger partial charge in [0.25, 0.3) is 5.91 Å². The van der Waals surface area contributed by atoms with Gasteiger partial charge in [0.1, 0.15) is 17.5 Å². The summed E-state index contributed by atoms with van der Waals surface area (Å²) in [6, 6.07) is 14.2. The molecule has 0 unspecified atom stereocenters. The predicted molar refractivity (Wildman–Crippen MR) is 107 cm³/mol. The van der Waals surface area contributed by atoms with Crippen LogP contribution in [0.15, 0.2) is 59.8 Å². The van der Waals surface area contributed by atoms with Gasteiger partial charge in [-0.25, -0.2) is 0 Å². The summed E-state index contributed by atoms with van der Waals surface area (Å²) in [5, 5.41) is 17.9. The molecule has 1 amide bonds. The van der Waals surface area contributed by atoms with E-state index in [1.807, 2.05) is 43.3 Å². The van der Waals surface area contributed by atoms with Crippen LogP contribution in [0.3, 0.4) is 0 Å². The second-order valence-electron chi connectivity index (χ2n) is 6.44. The van der Waals surface area contributed by atoms with E-state index < -0.39 is 6.04 Å². The minimum atomic E-state index is -0.498. The van der Waals surface area contributed by atoms with Crippen molar-refractivity contribution in [3.63, 3.8) is 0 Å². The minimum absolute atomic E-state index is 0.276. The number of hydrogen-bond acceptors (Lipinski definition) is 7. The molecule has 0 bridgehead atoms. The Morgan fingerprint density at radius 3 is 2.59 bits per heavy atom. The third kappa shape index (κ3) is 3.38. The van der Waals surface area contributed by atoms with E-state index in [-0.39, 0.29) is 5.91 Å². The molecule has 9 heteroatoms. The lowest BCUT2D eigenvalue weighted by atomic mass is 9.95. The summed E-state index contributed by atoms with van der Waals surface area (Å²) in [7, 11) is 3.17. The van der Waals surface area contributed by atoms with E-state index in [1.165, 1.54) is 0 Å². The molecule has 2 N–H and O–H groups in total. The van der Waals surface area contributed by atoms with Gasteiger partial charge in [-0.1, -0.05) is 29.4 Å². The number of rotatable bonds is 5. The Hall–Kier alpha value is -3.88. The van der Waals surface area contributed by atoms with Crippen LogP contribution in [0.4, 0.5) is 11.6 Å². The van der Waals surface area contributed by atoms with Gasteiger partial charge in [-0.3, -0.25) is 4.79 Å². The fourth-order valence-electron chi connectivity index (χ4n) is 3.34. The number of anilines is 2.